The standard InChI is InChI=1S/C18H18N2O/c1-12(2)13-6-8-14(9-7-13)21-17-10-11-20-18-15(17)4-3-5-16(18)19/h3-12H,19H2,1-2H3. The number of rotatable bonds is 3. The van der Waals surface area contributed by atoms with E-state index in [0.29, 0.717) is 11.6 Å². The number of aromatic nitrogens is 1. The lowest BCUT2D eigenvalue weighted by atomic mass is 10.0. The molecule has 0 aliphatic carbocycles. The molecule has 21 heavy (non-hydrogen) atoms. The lowest BCUT2D eigenvalue weighted by Crippen LogP contribution is -1.92. The van der Waals surface area contributed by atoms with Gasteiger partial charge in [0.05, 0.1) is 11.2 Å². The molecule has 0 unspecified atom stereocenters. The van der Waals surface area contributed by atoms with Crippen molar-refractivity contribution < 1.29 is 4.74 Å². The Hall–Kier alpha value is -2.55. The molecular formula is C18H18N2O. The van der Waals surface area contributed by atoms with E-state index in [-0.39, 0.29) is 0 Å². The summed E-state index contributed by atoms with van der Waals surface area (Å²) in [5, 5.41) is 0.922. The van der Waals surface area contributed by atoms with E-state index in [1.165, 1.54) is 5.56 Å². The van der Waals surface area contributed by atoms with Gasteiger partial charge >= 0.3 is 0 Å². The fourth-order valence-corrected chi connectivity index (χ4v) is 2.31. The van der Waals surface area contributed by atoms with E-state index in [9.17, 15) is 0 Å². The Balaban J connectivity index is 1.96. The van der Waals surface area contributed by atoms with Crippen LogP contribution < -0.4 is 10.5 Å². The van der Waals surface area contributed by atoms with Crippen molar-refractivity contribution >= 4 is 16.6 Å². The monoisotopic (exact) mass is 278 g/mol. The molecule has 3 rings (SSSR count). The fraction of sp³-hybridized carbons (Fsp3) is 0.167. The van der Waals surface area contributed by atoms with E-state index >= 15 is 0 Å². The summed E-state index contributed by atoms with van der Waals surface area (Å²) in [7, 11) is 0. The molecule has 2 N–H and O–H groups in total. The van der Waals surface area contributed by atoms with Crippen molar-refractivity contribution in [1.82, 2.24) is 4.98 Å². The maximum atomic E-state index is 5.99. The van der Waals surface area contributed by atoms with Gasteiger partial charge in [-0.2, -0.15) is 0 Å². The topological polar surface area (TPSA) is 48.1 Å². The third kappa shape index (κ3) is 2.68. The summed E-state index contributed by atoms with van der Waals surface area (Å²) in [6, 6.07) is 15.8. The van der Waals surface area contributed by atoms with Gasteiger partial charge in [0, 0.05) is 11.6 Å². The van der Waals surface area contributed by atoms with Crippen LogP contribution in [0.2, 0.25) is 0 Å². The average molecular weight is 278 g/mol. The van der Waals surface area contributed by atoms with Crippen LogP contribution in [-0.4, -0.2) is 4.98 Å². The molecule has 0 amide bonds. The lowest BCUT2D eigenvalue weighted by Gasteiger charge is -2.11. The quantitative estimate of drug-likeness (QED) is 0.704. The van der Waals surface area contributed by atoms with Crippen molar-refractivity contribution in [3.63, 3.8) is 0 Å². The van der Waals surface area contributed by atoms with Crippen molar-refractivity contribution in [1.29, 1.82) is 0 Å². The Morgan fingerprint density at radius 3 is 2.48 bits per heavy atom. The van der Waals surface area contributed by atoms with Gasteiger partial charge in [-0.3, -0.25) is 4.98 Å². The Labute approximate surface area is 124 Å². The fourth-order valence-electron chi connectivity index (χ4n) is 2.31. The summed E-state index contributed by atoms with van der Waals surface area (Å²) >= 11 is 0. The smallest absolute Gasteiger partial charge is 0.138 e. The molecular weight excluding hydrogens is 260 g/mol. The average Bonchev–Trinajstić information content (AvgIpc) is 2.49. The molecule has 0 bridgehead atoms. The van der Waals surface area contributed by atoms with Gasteiger partial charge in [-0.05, 0) is 41.8 Å². The van der Waals surface area contributed by atoms with Crippen LogP contribution in [-0.2, 0) is 0 Å². The van der Waals surface area contributed by atoms with Gasteiger partial charge in [0.1, 0.15) is 11.5 Å². The minimum atomic E-state index is 0.514. The first-order valence-electron chi connectivity index (χ1n) is 7.06. The van der Waals surface area contributed by atoms with E-state index in [1.807, 2.05) is 36.4 Å². The van der Waals surface area contributed by atoms with Crippen molar-refractivity contribution in [2.24, 2.45) is 0 Å². The second kappa shape index (κ2) is 5.44. The normalized spacial score (nSPS) is 11.0. The predicted octanol–water partition coefficient (Wildman–Crippen LogP) is 4.73. The Morgan fingerprint density at radius 2 is 1.76 bits per heavy atom. The zero-order valence-corrected chi connectivity index (χ0v) is 12.2. The number of nitrogens with two attached hydrogens (primary N) is 1. The minimum Gasteiger partial charge on any atom is -0.457 e. The van der Waals surface area contributed by atoms with Crippen molar-refractivity contribution in [2.45, 2.75) is 19.8 Å². The van der Waals surface area contributed by atoms with Gasteiger partial charge in [0.2, 0.25) is 0 Å². The number of nitrogen functional groups attached to an aromatic ring is 1. The van der Waals surface area contributed by atoms with Crippen LogP contribution >= 0.6 is 0 Å². The first-order valence-corrected chi connectivity index (χ1v) is 7.06. The number of benzene rings is 2. The predicted molar refractivity (Wildman–Crippen MR) is 86.8 cm³/mol. The number of nitrogens with zero attached hydrogens (tertiary/aromatic N) is 1. The molecule has 106 valence electrons. The third-order valence-electron chi connectivity index (χ3n) is 3.54. The van der Waals surface area contributed by atoms with Gasteiger partial charge in [-0.25, -0.2) is 0 Å². The molecule has 0 spiro atoms. The Bertz CT molecular complexity index is 764. The van der Waals surface area contributed by atoms with Gasteiger partial charge in [-0.15, -0.1) is 0 Å². The molecule has 0 saturated carbocycles. The first-order chi connectivity index (χ1) is 10.1. The molecule has 3 nitrogen and oxygen atoms in total. The highest BCUT2D eigenvalue weighted by Gasteiger charge is 2.07. The maximum absolute atomic E-state index is 5.99. The van der Waals surface area contributed by atoms with Gasteiger partial charge in [0.15, 0.2) is 0 Å². The van der Waals surface area contributed by atoms with Crippen LogP contribution in [0.4, 0.5) is 5.69 Å². The van der Waals surface area contributed by atoms with Gasteiger partial charge < -0.3 is 10.5 Å². The summed E-state index contributed by atoms with van der Waals surface area (Å²) < 4.78 is 5.99. The summed E-state index contributed by atoms with van der Waals surface area (Å²) in [4.78, 5) is 4.32. The molecule has 1 heterocycles. The van der Waals surface area contributed by atoms with E-state index in [2.05, 4.69) is 31.0 Å². The minimum absolute atomic E-state index is 0.514. The van der Waals surface area contributed by atoms with Gasteiger partial charge in [0.25, 0.3) is 0 Å². The van der Waals surface area contributed by atoms with Crippen LogP contribution in [0.3, 0.4) is 0 Å². The Morgan fingerprint density at radius 1 is 1.00 bits per heavy atom. The lowest BCUT2D eigenvalue weighted by molar-refractivity contribution is 0.487. The number of pyridine rings is 1. The number of ether oxygens (including phenoxy) is 1. The molecule has 0 aliphatic heterocycles. The van der Waals surface area contributed by atoms with E-state index in [1.54, 1.807) is 6.20 Å². The highest BCUT2D eigenvalue weighted by Crippen LogP contribution is 2.31. The largest absolute Gasteiger partial charge is 0.457 e. The molecule has 0 radical (unpaired) electrons. The maximum Gasteiger partial charge on any atom is 0.138 e. The molecule has 0 atom stereocenters. The van der Waals surface area contributed by atoms with Crippen LogP contribution in [0.1, 0.15) is 25.3 Å². The number of para-hydroxylation sites is 1. The highest BCUT2D eigenvalue weighted by atomic mass is 16.5. The van der Waals surface area contributed by atoms with Crippen LogP contribution in [0.15, 0.2) is 54.7 Å². The van der Waals surface area contributed by atoms with Gasteiger partial charge in [-0.1, -0.05) is 32.0 Å². The molecule has 0 fully saturated rings. The highest BCUT2D eigenvalue weighted by molar-refractivity contribution is 5.93. The summed E-state index contributed by atoms with van der Waals surface area (Å²) in [6.07, 6.45) is 1.72. The molecule has 3 heteroatoms. The second-order valence-electron chi connectivity index (χ2n) is 5.38. The first kappa shape index (κ1) is 13.4. The van der Waals surface area contributed by atoms with Crippen molar-refractivity contribution in [3.05, 3.63) is 60.3 Å². The molecule has 0 saturated heterocycles. The molecule has 0 aliphatic rings. The zero-order chi connectivity index (χ0) is 14.8. The summed E-state index contributed by atoms with van der Waals surface area (Å²) in [6.45, 7) is 4.35. The van der Waals surface area contributed by atoms with E-state index in [4.69, 9.17) is 10.5 Å². The van der Waals surface area contributed by atoms with Crippen molar-refractivity contribution in [3.8, 4) is 11.5 Å². The van der Waals surface area contributed by atoms with E-state index < -0.39 is 0 Å². The van der Waals surface area contributed by atoms with Crippen LogP contribution in [0, 0.1) is 0 Å². The number of hydrogen-bond donors (Lipinski definition) is 1. The van der Waals surface area contributed by atoms with Crippen LogP contribution in [0.25, 0.3) is 10.9 Å². The number of anilines is 1. The second-order valence-corrected chi connectivity index (χ2v) is 5.38. The van der Waals surface area contributed by atoms with Crippen molar-refractivity contribution in [2.75, 3.05) is 5.73 Å². The van der Waals surface area contributed by atoms with E-state index in [0.717, 1.165) is 22.4 Å². The third-order valence-corrected chi connectivity index (χ3v) is 3.54. The SMILES string of the molecule is CC(C)c1ccc(Oc2ccnc3c(N)cccc23)cc1. The van der Waals surface area contributed by atoms with Crippen LogP contribution in [0.5, 0.6) is 11.5 Å². The molecule has 2 aromatic carbocycles. The number of hydrogen-bond acceptors (Lipinski definition) is 3. The summed E-state index contributed by atoms with van der Waals surface area (Å²) in [5.41, 5.74) is 8.68. The molecule has 3 aromatic rings. The molecule has 1 aromatic heterocycles. The summed E-state index contributed by atoms with van der Waals surface area (Å²) in [5.74, 6) is 2.10. The Kier molecular flexibility index (Phi) is 3.48. The number of fused-ring (bicyclic) bond motifs is 1. The zero-order valence-electron chi connectivity index (χ0n) is 12.2.